The molecule has 8 nitrogen and oxygen atoms in total. The molecule has 2 aliphatic rings. The Hall–Kier alpha value is -1.42. The molecule has 1 saturated carbocycles. The Labute approximate surface area is 198 Å². The molecule has 1 aliphatic heterocycles. The zero-order valence-corrected chi connectivity index (χ0v) is 19.4. The summed E-state index contributed by atoms with van der Waals surface area (Å²) in [5.74, 6) is -2.75. The molecule has 0 radical (unpaired) electrons. The number of carboxylic acid groups (broad SMARTS) is 2. The first-order chi connectivity index (χ1) is 15.2. The van der Waals surface area contributed by atoms with Crippen LogP contribution in [0.3, 0.4) is 0 Å². The summed E-state index contributed by atoms with van der Waals surface area (Å²) in [6, 6.07) is 6.64. The SMILES string of the molecule is Clc1ccc(CN(C[C@H]2CCNC2)C2CCCCC2)c(Cl)c1.O=C(O)C(O)C(O)C(=O)O. The first-order valence-electron chi connectivity index (χ1n) is 10.9. The summed E-state index contributed by atoms with van der Waals surface area (Å²) >= 11 is 12.4. The Morgan fingerprint density at radius 1 is 1.03 bits per heavy atom. The fraction of sp³-hybridized carbons (Fsp3) is 0.636. The second-order valence-corrected chi connectivity index (χ2v) is 9.23. The van der Waals surface area contributed by atoms with Crippen molar-refractivity contribution >= 4 is 35.1 Å². The number of aliphatic carboxylic acids is 2. The van der Waals surface area contributed by atoms with Gasteiger partial charge in [-0.2, -0.15) is 0 Å². The van der Waals surface area contributed by atoms with Crippen LogP contribution in [0.25, 0.3) is 0 Å². The maximum absolute atomic E-state index is 9.77. The highest BCUT2D eigenvalue weighted by molar-refractivity contribution is 6.35. The summed E-state index contributed by atoms with van der Waals surface area (Å²) in [7, 11) is 0. The Balaban J connectivity index is 0.000000309. The van der Waals surface area contributed by atoms with Gasteiger partial charge in [0.1, 0.15) is 0 Å². The van der Waals surface area contributed by atoms with Crippen molar-refractivity contribution < 1.29 is 30.0 Å². The summed E-state index contributed by atoms with van der Waals surface area (Å²) in [6.45, 7) is 4.48. The van der Waals surface area contributed by atoms with Crippen LogP contribution in [0.5, 0.6) is 0 Å². The number of nitrogens with zero attached hydrogens (tertiary/aromatic N) is 1. The Bertz CT molecular complexity index is 736. The normalized spacial score (nSPS) is 21.0. The van der Waals surface area contributed by atoms with Crippen molar-refractivity contribution in [1.29, 1.82) is 0 Å². The van der Waals surface area contributed by atoms with E-state index in [-0.39, 0.29) is 0 Å². The van der Waals surface area contributed by atoms with Crippen LogP contribution in [0.4, 0.5) is 0 Å². The van der Waals surface area contributed by atoms with Crippen LogP contribution >= 0.6 is 23.2 Å². The molecule has 180 valence electrons. The van der Waals surface area contributed by atoms with Gasteiger partial charge in [-0.25, -0.2) is 9.59 Å². The van der Waals surface area contributed by atoms with Crippen molar-refractivity contribution in [2.24, 2.45) is 5.92 Å². The monoisotopic (exact) mass is 490 g/mol. The van der Waals surface area contributed by atoms with E-state index in [1.54, 1.807) is 0 Å². The molecule has 10 heteroatoms. The first-order valence-corrected chi connectivity index (χ1v) is 11.6. The van der Waals surface area contributed by atoms with Crippen LogP contribution in [-0.2, 0) is 16.1 Å². The molecule has 0 spiro atoms. The number of halogens is 2. The maximum Gasteiger partial charge on any atom is 0.335 e. The number of carbonyl (C=O) groups is 2. The van der Waals surface area contributed by atoms with E-state index in [1.807, 2.05) is 12.1 Å². The standard InChI is InChI=1S/C18H26Cl2N2.C4H6O6/c19-16-7-6-15(18(20)10-16)13-22(12-14-8-9-21-11-14)17-4-2-1-3-5-17;5-1(3(7)8)2(6)4(9)10/h6-7,10,14,17,21H,1-5,8-9,11-13H2;1-2,5-6H,(H,7,8)(H,9,10)/t14-;/m0./s1. The van der Waals surface area contributed by atoms with Crippen LogP contribution in [0, 0.1) is 5.92 Å². The van der Waals surface area contributed by atoms with Crippen LogP contribution in [-0.4, -0.2) is 75.1 Å². The molecule has 32 heavy (non-hydrogen) atoms. The third kappa shape index (κ3) is 8.50. The zero-order valence-electron chi connectivity index (χ0n) is 17.9. The molecule has 2 fully saturated rings. The number of aliphatic hydroxyl groups is 2. The number of benzene rings is 1. The molecule has 1 aromatic carbocycles. The van der Waals surface area contributed by atoms with Crippen molar-refractivity contribution in [1.82, 2.24) is 10.2 Å². The smallest absolute Gasteiger partial charge is 0.335 e. The molecule has 1 aromatic rings. The molecule has 3 rings (SSSR count). The predicted molar refractivity (Wildman–Crippen MR) is 122 cm³/mol. The van der Waals surface area contributed by atoms with E-state index in [2.05, 4.69) is 16.3 Å². The van der Waals surface area contributed by atoms with E-state index in [9.17, 15) is 9.59 Å². The van der Waals surface area contributed by atoms with E-state index < -0.39 is 24.1 Å². The van der Waals surface area contributed by atoms with Gasteiger partial charge in [0.2, 0.25) is 0 Å². The van der Waals surface area contributed by atoms with Gasteiger partial charge in [0.15, 0.2) is 12.2 Å². The Kier molecular flexibility index (Phi) is 11.2. The van der Waals surface area contributed by atoms with Gasteiger partial charge in [-0.05, 0) is 56.0 Å². The first kappa shape index (κ1) is 26.8. The third-order valence-corrected chi connectivity index (χ3v) is 6.53. The minimum absolute atomic E-state index is 0.720. The molecule has 1 saturated heterocycles. The Morgan fingerprint density at radius 2 is 1.66 bits per heavy atom. The minimum Gasteiger partial charge on any atom is -0.479 e. The lowest BCUT2D eigenvalue weighted by Crippen LogP contribution is -2.40. The number of hydrogen-bond acceptors (Lipinski definition) is 6. The van der Waals surface area contributed by atoms with E-state index in [4.69, 9.17) is 43.6 Å². The quantitative estimate of drug-likeness (QED) is 0.375. The average molecular weight is 491 g/mol. The van der Waals surface area contributed by atoms with Crippen molar-refractivity contribution in [3.05, 3.63) is 33.8 Å². The molecular formula is C22H32Cl2N2O6. The molecule has 2 unspecified atom stereocenters. The average Bonchev–Trinajstić information content (AvgIpc) is 3.28. The maximum atomic E-state index is 9.77. The molecule has 0 amide bonds. The third-order valence-electron chi connectivity index (χ3n) is 5.94. The van der Waals surface area contributed by atoms with Gasteiger partial charge in [-0.3, -0.25) is 4.90 Å². The summed E-state index contributed by atoms with van der Waals surface area (Å²) in [4.78, 5) is 22.2. The number of aliphatic hydroxyl groups excluding tert-OH is 2. The van der Waals surface area contributed by atoms with Crippen LogP contribution in [0.2, 0.25) is 10.0 Å². The van der Waals surface area contributed by atoms with Gasteiger partial charge < -0.3 is 25.7 Å². The molecule has 5 N–H and O–H groups in total. The highest BCUT2D eigenvalue weighted by Crippen LogP contribution is 2.28. The van der Waals surface area contributed by atoms with Crippen molar-refractivity contribution in [3.63, 3.8) is 0 Å². The topological polar surface area (TPSA) is 130 Å². The van der Waals surface area contributed by atoms with Gasteiger partial charge in [0.05, 0.1) is 0 Å². The summed E-state index contributed by atoms with van der Waals surface area (Å²) < 4.78 is 0. The molecule has 3 atom stereocenters. The van der Waals surface area contributed by atoms with Crippen molar-refractivity contribution in [2.45, 2.75) is 63.3 Å². The summed E-state index contributed by atoms with van der Waals surface area (Å²) in [6.07, 6.45) is 3.59. The second-order valence-electron chi connectivity index (χ2n) is 8.38. The van der Waals surface area contributed by atoms with Gasteiger partial charge >= 0.3 is 11.9 Å². The van der Waals surface area contributed by atoms with Crippen LogP contribution < -0.4 is 5.32 Å². The summed E-state index contributed by atoms with van der Waals surface area (Å²) in [5.41, 5.74) is 1.21. The molecule has 0 aromatic heterocycles. The zero-order chi connectivity index (χ0) is 23.7. The number of hydrogen-bond donors (Lipinski definition) is 5. The van der Waals surface area contributed by atoms with E-state index in [1.165, 1.54) is 57.2 Å². The van der Waals surface area contributed by atoms with Gasteiger partial charge in [-0.1, -0.05) is 48.5 Å². The van der Waals surface area contributed by atoms with Crippen molar-refractivity contribution in [2.75, 3.05) is 19.6 Å². The second kappa shape index (κ2) is 13.3. The number of rotatable bonds is 8. The van der Waals surface area contributed by atoms with Gasteiger partial charge in [0, 0.05) is 29.2 Å². The molecular weight excluding hydrogens is 459 g/mol. The highest BCUT2D eigenvalue weighted by Gasteiger charge is 2.29. The number of nitrogens with one attached hydrogen (secondary N) is 1. The molecule has 1 heterocycles. The summed E-state index contributed by atoms with van der Waals surface area (Å²) in [5, 5.41) is 37.5. The minimum atomic E-state index is -2.27. The van der Waals surface area contributed by atoms with Gasteiger partial charge in [-0.15, -0.1) is 0 Å². The van der Waals surface area contributed by atoms with E-state index in [0.717, 1.165) is 35.1 Å². The predicted octanol–water partition coefficient (Wildman–Crippen LogP) is 2.61. The molecule has 1 aliphatic carbocycles. The lowest BCUT2D eigenvalue weighted by atomic mass is 9.92. The molecule has 0 bridgehead atoms. The van der Waals surface area contributed by atoms with Crippen LogP contribution in [0.1, 0.15) is 44.1 Å². The van der Waals surface area contributed by atoms with E-state index in [0.29, 0.717) is 0 Å². The fourth-order valence-corrected chi connectivity index (χ4v) is 4.60. The lowest BCUT2D eigenvalue weighted by molar-refractivity contribution is -0.165. The lowest BCUT2D eigenvalue weighted by Gasteiger charge is -2.36. The van der Waals surface area contributed by atoms with Crippen LogP contribution in [0.15, 0.2) is 18.2 Å². The highest BCUT2D eigenvalue weighted by atomic mass is 35.5. The van der Waals surface area contributed by atoms with Gasteiger partial charge in [0.25, 0.3) is 0 Å². The van der Waals surface area contributed by atoms with E-state index >= 15 is 0 Å². The number of carboxylic acids is 2. The largest absolute Gasteiger partial charge is 0.479 e. The Morgan fingerprint density at radius 3 is 2.16 bits per heavy atom. The fourth-order valence-electron chi connectivity index (χ4n) is 4.13. The van der Waals surface area contributed by atoms with Crippen molar-refractivity contribution in [3.8, 4) is 0 Å².